The van der Waals surface area contributed by atoms with Crippen LogP contribution < -0.4 is 4.31 Å². The van der Waals surface area contributed by atoms with Gasteiger partial charge in [0.2, 0.25) is 0 Å². The quantitative estimate of drug-likeness (QED) is 0.259. The molecule has 1 aliphatic heterocycles. The van der Waals surface area contributed by atoms with Gasteiger partial charge >= 0.3 is 0 Å². The monoisotopic (exact) mass is 612 g/mol. The van der Waals surface area contributed by atoms with Crippen LogP contribution in [-0.4, -0.2) is 35.3 Å². The molecule has 0 saturated heterocycles. The number of aryl methyl sites for hydroxylation is 1. The van der Waals surface area contributed by atoms with Crippen molar-refractivity contribution < 1.29 is 13.2 Å². The van der Waals surface area contributed by atoms with Crippen molar-refractivity contribution >= 4 is 49.1 Å². The molecule has 3 aromatic carbocycles. The first-order valence-electron chi connectivity index (χ1n) is 12.1. The Bertz CT molecular complexity index is 1590. The van der Waals surface area contributed by atoms with E-state index in [9.17, 15) is 13.2 Å². The van der Waals surface area contributed by atoms with E-state index < -0.39 is 10.0 Å². The molecule has 10 heteroatoms. The smallest absolute Gasteiger partial charge is 0.266 e. The van der Waals surface area contributed by atoms with Crippen LogP contribution in [0.1, 0.15) is 40.4 Å². The normalized spacial score (nSPS) is 15.3. The van der Waals surface area contributed by atoms with Gasteiger partial charge in [0, 0.05) is 18.7 Å². The first kappa shape index (κ1) is 26.5. The van der Waals surface area contributed by atoms with Crippen molar-refractivity contribution in [1.29, 1.82) is 0 Å². The van der Waals surface area contributed by atoms with Gasteiger partial charge in [0.1, 0.15) is 15.3 Å². The van der Waals surface area contributed by atoms with Crippen LogP contribution in [0.15, 0.2) is 88.4 Å². The van der Waals surface area contributed by atoms with Gasteiger partial charge in [0.05, 0.1) is 29.0 Å². The molecule has 1 unspecified atom stereocenters. The number of benzene rings is 3. The van der Waals surface area contributed by atoms with Gasteiger partial charge in [-0.2, -0.15) is 0 Å². The SMILES string of the molecule is Cc1nc2n(c1Br)CCN(C(=O)c1ccc(Cl)c(S(=O)(=O)N(Cc3ccccc3)c3ccccc3)c1)C2C. The lowest BCUT2D eigenvalue weighted by molar-refractivity contribution is 0.0636. The molecule has 0 aliphatic carbocycles. The average Bonchev–Trinajstić information content (AvgIpc) is 3.22. The van der Waals surface area contributed by atoms with E-state index in [2.05, 4.69) is 25.5 Å². The second kappa shape index (κ2) is 10.6. The van der Waals surface area contributed by atoms with Gasteiger partial charge in [-0.3, -0.25) is 9.10 Å². The number of hydrogen-bond donors (Lipinski definition) is 0. The van der Waals surface area contributed by atoms with E-state index in [1.54, 1.807) is 35.2 Å². The summed E-state index contributed by atoms with van der Waals surface area (Å²) in [5, 5.41) is 0.0531. The summed E-state index contributed by atoms with van der Waals surface area (Å²) < 4.78 is 32.4. The average molecular weight is 614 g/mol. The molecular formula is C28H26BrClN4O3S. The van der Waals surface area contributed by atoms with Crippen LogP contribution in [0.2, 0.25) is 5.02 Å². The molecule has 38 heavy (non-hydrogen) atoms. The van der Waals surface area contributed by atoms with Crippen molar-refractivity contribution in [3.63, 3.8) is 0 Å². The number of fused-ring (bicyclic) bond motifs is 1. The van der Waals surface area contributed by atoms with E-state index in [1.807, 2.05) is 50.2 Å². The van der Waals surface area contributed by atoms with Crippen LogP contribution in [0.5, 0.6) is 0 Å². The van der Waals surface area contributed by atoms with Gasteiger partial charge in [-0.15, -0.1) is 0 Å². The predicted molar refractivity (Wildman–Crippen MR) is 152 cm³/mol. The molecule has 196 valence electrons. The number of para-hydroxylation sites is 1. The molecule has 5 rings (SSSR count). The van der Waals surface area contributed by atoms with Gasteiger partial charge in [-0.25, -0.2) is 13.4 Å². The minimum absolute atomic E-state index is 0.0531. The Kier molecular flexibility index (Phi) is 7.35. The fourth-order valence-electron chi connectivity index (χ4n) is 4.70. The maximum absolute atomic E-state index is 14.1. The molecule has 4 aromatic rings. The molecule has 0 bridgehead atoms. The highest BCUT2D eigenvalue weighted by atomic mass is 79.9. The number of nitrogens with zero attached hydrogens (tertiary/aromatic N) is 4. The van der Waals surface area contributed by atoms with E-state index in [0.29, 0.717) is 18.8 Å². The number of hydrogen-bond acceptors (Lipinski definition) is 4. The first-order valence-corrected chi connectivity index (χ1v) is 14.7. The molecule has 7 nitrogen and oxygen atoms in total. The van der Waals surface area contributed by atoms with Gasteiger partial charge in [0.15, 0.2) is 0 Å². The highest BCUT2D eigenvalue weighted by molar-refractivity contribution is 9.10. The summed E-state index contributed by atoms with van der Waals surface area (Å²) in [6, 6.07) is 22.4. The Balaban J connectivity index is 1.51. The third-order valence-corrected chi connectivity index (χ3v) is 9.98. The minimum Gasteiger partial charge on any atom is -0.327 e. The molecule has 1 amide bonds. The summed E-state index contributed by atoms with van der Waals surface area (Å²) in [5.74, 6) is 0.511. The molecular weight excluding hydrogens is 588 g/mol. The summed E-state index contributed by atoms with van der Waals surface area (Å²) in [7, 11) is -4.13. The lowest BCUT2D eigenvalue weighted by atomic mass is 10.1. The molecule has 1 atom stereocenters. The van der Waals surface area contributed by atoms with E-state index in [1.165, 1.54) is 16.4 Å². The molecule has 0 radical (unpaired) electrons. The topological polar surface area (TPSA) is 75.5 Å². The number of rotatable bonds is 6. The Labute approximate surface area is 235 Å². The zero-order chi connectivity index (χ0) is 27.0. The van der Waals surface area contributed by atoms with Crippen molar-refractivity contribution in [1.82, 2.24) is 14.5 Å². The number of anilines is 1. The number of carbonyl (C=O) groups excluding carboxylic acids is 1. The Hall–Kier alpha value is -3.14. The van der Waals surface area contributed by atoms with Crippen molar-refractivity contribution in [3.05, 3.63) is 111 Å². The maximum Gasteiger partial charge on any atom is 0.266 e. The van der Waals surface area contributed by atoms with E-state index in [0.717, 1.165) is 21.7 Å². The van der Waals surface area contributed by atoms with Gasteiger partial charge in [-0.05, 0) is 65.7 Å². The fraction of sp³-hybridized carbons (Fsp3) is 0.214. The molecule has 0 N–H and O–H groups in total. The molecule has 0 spiro atoms. The number of carbonyl (C=O) groups is 1. The summed E-state index contributed by atoms with van der Waals surface area (Å²) in [4.78, 5) is 19.9. The second-order valence-corrected chi connectivity index (χ2v) is 12.1. The molecule has 2 heterocycles. The van der Waals surface area contributed by atoms with Crippen LogP contribution in [0.3, 0.4) is 0 Å². The van der Waals surface area contributed by atoms with Gasteiger partial charge in [-0.1, -0.05) is 60.1 Å². The Morgan fingerprint density at radius 2 is 1.71 bits per heavy atom. The minimum atomic E-state index is -4.13. The third kappa shape index (κ3) is 4.86. The molecule has 1 aliphatic rings. The zero-order valence-electron chi connectivity index (χ0n) is 20.9. The number of aromatic nitrogens is 2. The second-order valence-electron chi connectivity index (χ2n) is 9.15. The number of halogens is 2. The largest absolute Gasteiger partial charge is 0.327 e. The van der Waals surface area contributed by atoms with Crippen LogP contribution in [0.25, 0.3) is 0 Å². The van der Waals surface area contributed by atoms with Crippen molar-refractivity contribution in [2.24, 2.45) is 0 Å². The summed E-state index contributed by atoms with van der Waals surface area (Å²) >= 11 is 10.0. The molecule has 0 fully saturated rings. The standard InChI is InChI=1S/C28H26BrClN4O3S/c1-19-26(29)33-16-15-32(20(2)27(33)31-19)28(35)22-13-14-24(30)25(17-22)38(36,37)34(23-11-7-4-8-12-23)18-21-9-5-3-6-10-21/h3-14,17,20H,15-16,18H2,1-2H3. The molecule has 1 aromatic heterocycles. The van der Waals surface area contributed by atoms with Crippen LogP contribution in [-0.2, 0) is 23.1 Å². The lowest BCUT2D eigenvalue weighted by Crippen LogP contribution is -2.41. The van der Waals surface area contributed by atoms with Crippen molar-refractivity contribution in [3.8, 4) is 0 Å². The van der Waals surface area contributed by atoms with Crippen molar-refractivity contribution in [2.75, 3.05) is 10.8 Å². The lowest BCUT2D eigenvalue weighted by Gasteiger charge is -2.34. The Morgan fingerprint density at radius 3 is 2.39 bits per heavy atom. The van der Waals surface area contributed by atoms with Crippen LogP contribution in [0.4, 0.5) is 5.69 Å². The first-order chi connectivity index (χ1) is 18.2. The van der Waals surface area contributed by atoms with E-state index in [4.69, 9.17) is 11.6 Å². The van der Waals surface area contributed by atoms with Gasteiger partial charge < -0.3 is 9.47 Å². The van der Waals surface area contributed by atoms with E-state index >= 15 is 0 Å². The van der Waals surface area contributed by atoms with Crippen LogP contribution >= 0.6 is 27.5 Å². The Morgan fingerprint density at radius 1 is 1.05 bits per heavy atom. The zero-order valence-corrected chi connectivity index (χ0v) is 24.0. The number of imidazole rings is 1. The van der Waals surface area contributed by atoms with E-state index in [-0.39, 0.29) is 34.0 Å². The maximum atomic E-state index is 14.1. The summed E-state index contributed by atoms with van der Waals surface area (Å²) in [5.41, 5.74) is 2.44. The summed E-state index contributed by atoms with van der Waals surface area (Å²) in [6.07, 6.45) is 0. The predicted octanol–water partition coefficient (Wildman–Crippen LogP) is 6.22. The number of amides is 1. The fourth-order valence-corrected chi connectivity index (χ4v) is 7.10. The molecule has 0 saturated carbocycles. The van der Waals surface area contributed by atoms with Crippen LogP contribution in [0, 0.1) is 6.92 Å². The highest BCUT2D eigenvalue weighted by Crippen LogP contribution is 2.34. The summed E-state index contributed by atoms with van der Waals surface area (Å²) in [6.45, 7) is 5.01. The van der Waals surface area contributed by atoms with Gasteiger partial charge in [0.25, 0.3) is 15.9 Å². The third-order valence-electron chi connectivity index (χ3n) is 6.72. The highest BCUT2D eigenvalue weighted by Gasteiger charge is 2.33. The van der Waals surface area contributed by atoms with Crippen molar-refractivity contribution in [2.45, 2.75) is 37.9 Å². The number of sulfonamides is 1.